The number of amides is 2. The average Bonchev–Trinajstić information content (AvgIpc) is 2.47. The lowest BCUT2D eigenvalue weighted by atomic mass is 10.2. The van der Waals surface area contributed by atoms with Crippen LogP contribution in [0.1, 0.15) is 27.7 Å². The number of rotatable bonds is 7. The Kier molecular flexibility index (Phi) is 7.81. The van der Waals surface area contributed by atoms with E-state index in [9.17, 15) is 9.59 Å². The smallest absolute Gasteiger partial charge is 0.407 e. The molecule has 1 aromatic carbocycles. The number of ether oxygens (including phenoxy) is 2. The highest BCUT2D eigenvalue weighted by molar-refractivity contribution is 6.30. The van der Waals surface area contributed by atoms with E-state index in [1.807, 2.05) is 0 Å². The minimum Gasteiger partial charge on any atom is -0.481 e. The lowest BCUT2D eigenvalue weighted by Gasteiger charge is -2.19. The fourth-order valence-electron chi connectivity index (χ4n) is 1.49. The maximum absolute atomic E-state index is 11.8. The molecule has 0 heterocycles. The molecule has 0 aromatic heterocycles. The van der Waals surface area contributed by atoms with Crippen LogP contribution in [-0.4, -0.2) is 36.9 Å². The Morgan fingerprint density at radius 2 is 1.83 bits per heavy atom. The highest BCUT2D eigenvalue weighted by Gasteiger charge is 2.16. The van der Waals surface area contributed by atoms with Gasteiger partial charge in [-0.3, -0.25) is 9.63 Å². The molecule has 0 radical (unpaired) electrons. The van der Waals surface area contributed by atoms with Gasteiger partial charge in [-0.1, -0.05) is 11.6 Å². The van der Waals surface area contributed by atoms with E-state index in [4.69, 9.17) is 25.9 Å². The van der Waals surface area contributed by atoms with Gasteiger partial charge in [0.15, 0.2) is 6.10 Å². The van der Waals surface area contributed by atoms with E-state index in [0.29, 0.717) is 10.8 Å². The third-order valence-corrected chi connectivity index (χ3v) is 2.79. The summed E-state index contributed by atoms with van der Waals surface area (Å²) in [6, 6.07) is 6.66. The molecule has 0 saturated heterocycles. The topological polar surface area (TPSA) is 85.9 Å². The van der Waals surface area contributed by atoms with Gasteiger partial charge >= 0.3 is 6.09 Å². The van der Waals surface area contributed by atoms with Crippen molar-refractivity contribution in [3.8, 4) is 5.75 Å². The van der Waals surface area contributed by atoms with E-state index in [2.05, 4.69) is 10.8 Å². The predicted molar refractivity (Wildman–Crippen MR) is 89.9 cm³/mol. The van der Waals surface area contributed by atoms with Crippen LogP contribution >= 0.6 is 11.6 Å². The van der Waals surface area contributed by atoms with Crippen LogP contribution in [-0.2, 0) is 14.4 Å². The normalized spacial score (nSPS) is 12.2. The number of carbonyl (C=O) groups is 2. The van der Waals surface area contributed by atoms with Gasteiger partial charge in [-0.25, -0.2) is 10.3 Å². The largest absolute Gasteiger partial charge is 0.481 e. The van der Waals surface area contributed by atoms with Gasteiger partial charge in [-0.15, -0.1) is 0 Å². The third-order valence-electron chi connectivity index (χ3n) is 2.54. The summed E-state index contributed by atoms with van der Waals surface area (Å²) in [4.78, 5) is 28.2. The Morgan fingerprint density at radius 3 is 2.42 bits per heavy atom. The van der Waals surface area contributed by atoms with Crippen LogP contribution < -0.4 is 15.5 Å². The first kappa shape index (κ1) is 20.1. The number of benzene rings is 1. The fourth-order valence-corrected chi connectivity index (χ4v) is 1.62. The standard InChI is InChI=1S/C16H23ClN2O5/c1-11(23-13-7-5-12(17)6-8-13)14(20)19-22-10-9-18-15(21)24-16(2,3)4/h5-8,11H,9-10H2,1-4H3,(H,18,21)(H,19,20)/t11-/m0/s1. The summed E-state index contributed by atoms with van der Waals surface area (Å²) in [7, 11) is 0. The minimum atomic E-state index is -0.745. The van der Waals surface area contributed by atoms with E-state index in [-0.39, 0.29) is 13.2 Å². The first-order valence-corrected chi connectivity index (χ1v) is 7.86. The second-order valence-corrected chi connectivity index (χ2v) is 6.39. The molecule has 0 saturated carbocycles. The highest BCUT2D eigenvalue weighted by atomic mass is 35.5. The Bertz CT molecular complexity index is 542. The van der Waals surface area contributed by atoms with Crippen molar-refractivity contribution in [2.24, 2.45) is 0 Å². The quantitative estimate of drug-likeness (QED) is 0.578. The summed E-state index contributed by atoms with van der Waals surface area (Å²) in [5.41, 5.74) is 1.69. The second kappa shape index (κ2) is 9.34. The molecule has 0 aliphatic rings. The number of carbonyl (C=O) groups excluding carboxylic acids is 2. The summed E-state index contributed by atoms with van der Waals surface area (Å²) in [6.07, 6.45) is -1.29. The molecule has 8 heteroatoms. The molecule has 0 aliphatic carbocycles. The van der Waals surface area contributed by atoms with E-state index >= 15 is 0 Å². The molecule has 7 nitrogen and oxygen atoms in total. The Labute approximate surface area is 146 Å². The summed E-state index contributed by atoms with van der Waals surface area (Å²) >= 11 is 5.77. The van der Waals surface area contributed by atoms with Crippen LogP contribution in [0.4, 0.5) is 4.79 Å². The Morgan fingerprint density at radius 1 is 1.21 bits per heavy atom. The van der Waals surface area contributed by atoms with Gasteiger partial charge in [0.05, 0.1) is 6.61 Å². The summed E-state index contributed by atoms with van der Waals surface area (Å²) in [5.74, 6) is 0.0795. The third kappa shape index (κ3) is 8.59. The molecule has 0 unspecified atom stereocenters. The van der Waals surface area contributed by atoms with Crippen LogP contribution in [0, 0.1) is 0 Å². The predicted octanol–water partition coefficient (Wildman–Crippen LogP) is 2.68. The lowest BCUT2D eigenvalue weighted by Crippen LogP contribution is -2.39. The van der Waals surface area contributed by atoms with E-state index in [1.165, 1.54) is 0 Å². The molecule has 0 bridgehead atoms. The molecule has 1 rings (SSSR count). The highest BCUT2D eigenvalue weighted by Crippen LogP contribution is 2.16. The number of nitrogens with one attached hydrogen (secondary N) is 2. The monoisotopic (exact) mass is 358 g/mol. The number of hydroxylamine groups is 1. The van der Waals surface area contributed by atoms with Gasteiger partial charge in [0.1, 0.15) is 11.4 Å². The zero-order valence-electron chi connectivity index (χ0n) is 14.2. The SMILES string of the molecule is C[C@H](Oc1ccc(Cl)cc1)C(=O)NOCCNC(=O)OC(C)(C)C. The van der Waals surface area contributed by atoms with Crippen molar-refractivity contribution in [3.05, 3.63) is 29.3 Å². The number of halogens is 1. The number of hydrogen-bond acceptors (Lipinski definition) is 5. The van der Waals surface area contributed by atoms with Crippen LogP contribution in [0.25, 0.3) is 0 Å². The first-order valence-electron chi connectivity index (χ1n) is 7.48. The fraction of sp³-hybridized carbons (Fsp3) is 0.500. The van der Waals surface area contributed by atoms with Crippen molar-refractivity contribution < 1.29 is 23.9 Å². The van der Waals surface area contributed by atoms with Crippen LogP contribution in [0.15, 0.2) is 24.3 Å². The van der Waals surface area contributed by atoms with Crippen LogP contribution in [0.5, 0.6) is 5.75 Å². The van der Waals surface area contributed by atoms with E-state index in [0.717, 1.165) is 0 Å². The van der Waals surface area contributed by atoms with Crippen LogP contribution in [0.2, 0.25) is 5.02 Å². The van der Waals surface area contributed by atoms with Crippen LogP contribution in [0.3, 0.4) is 0 Å². The zero-order chi connectivity index (χ0) is 18.2. The van der Waals surface area contributed by atoms with Gasteiger partial charge in [0.25, 0.3) is 5.91 Å². The maximum Gasteiger partial charge on any atom is 0.407 e. The van der Waals surface area contributed by atoms with Crippen molar-refractivity contribution >= 4 is 23.6 Å². The van der Waals surface area contributed by atoms with Crippen molar-refractivity contribution in [2.75, 3.05) is 13.2 Å². The molecule has 0 aliphatic heterocycles. The second-order valence-electron chi connectivity index (χ2n) is 5.96. The van der Waals surface area contributed by atoms with Gasteiger partial charge < -0.3 is 14.8 Å². The lowest BCUT2D eigenvalue weighted by molar-refractivity contribution is -0.139. The molecule has 134 valence electrons. The van der Waals surface area contributed by atoms with Crippen molar-refractivity contribution in [2.45, 2.75) is 39.4 Å². The van der Waals surface area contributed by atoms with Gasteiger partial charge in [0, 0.05) is 11.6 Å². The van der Waals surface area contributed by atoms with Crippen molar-refractivity contribution in [1.29, 1.82) is 0 Å². The minimum absolute atomic E-state index is 0.0959. The number of hydrogen-bond donors (Lipinski definition) is 2. The molecule has 2 N–H and O–H groups in total. The Balaban J connectivity index is 2.19. The molecule has 1 aromatic rings. The maximum atomic E-state index is 11.8. The molecule has 0 spiro atoms. The van der Waals surface area contributed by atoms with Gasteiger partial charge in [-0.05, 0) is 52.0 Å². The van der Waals surface area contributed by atoms with Crippen molar-refractivity contribution in [1.82, 2.24) is 10.8 Å². The van der Waals surface area contributed by atoms with E-state index in [1.54, 1.807) is 52.0 Å². The molecule has 2 amide bonds. The van der Waals surface area contributed by atoms with E-state index < -0.39 is 23.7 Å². The summed E-state index contributed by atoms with van der Waals surface area (Å²) in [6.45, 7) is 7.19. The summed E-state index contributed by atoms with van der Waals surface area (Å²) in [5, 5.41) is 3.09. The molecular weight excluding hydrogens is 336 g/mol. The van der Waals surface area contributed by atoms with Crippen molar-refractivity contribution in [3.63, 3.8) is 0 Å². The van der Waals surface area contributed by atoms with Gasteiger partial charge in [0.2, 0.25) is 0 Å². The average molecular weight is 359 g/mol. The molecule has 0 fully saturated rings. The zero-order valence-corrected chi connectivity index (χ0v) is 15.0. The number of alkyl carbamates (subject to hydrolysis) is 1. The molecule has 1 atom stereocenters. The Hall–Kier alpha value is -1.99. The first-order chi connectivity index (χ1) is 11.2. The molecule has 24 heavy (non-hydrogen) atoms. The molecular formula is C16H23ClN2O5. The van der Waals surface area contributed by atoms with Gasteiger partial charge in [-0.2, -0.15) is 0 Å². The summed E-state index contributed by atoms with van der Waals surface area (Å²) < 4.78 is 10.5.